The molecule has 0 spiro atoms. The highest BCUT2D eigenvalue weighted by Gasteiger charge is 2.47. The summed E-state index contributed by atoms with van der Waals surface area (Å²) in [6, 6.07) is 10.6. The largest absolute Gasteiger partial charge is 0.469 e. The standard InChI is InChI=1S/C18H30O7.C10H14.C6H12O2/c1-8-18(6,7)17(21)25-16-15(23-13(5)20)11(3)10(2)14(24-16)9-22-12(4)19;1-3-9(2)10-7-5-4-6-8-10;1-4-5(2)6(7)8-3/h10-11,14-16H,8-9H2,1-7H3;4-9H,3H2,1-2H3;5H,4H2,1-3H3. The maximum Gasteiger partial charge on any atom is 0.313 e. The Morgan fingerprint density at radius 2 is 1.47 bits per heavy atom. The first-order valence-electron chi connectivity index (χ1n) is 15.4. The van der Waals surface area contributed by atoms with E-state index in [1.165, 1.54) is 32.9 Å². The Bertz CT molecular complexity index is 973. The van der Waals surface area contributed by atoms with E-state index in [-0.39, 0.29) is 30.3 Å². The van der Waals surface area contributed by atoms with E-state index in [9.17, 15) is 19.2 Å². The van der Waals surface area contributed by atoms with Gasteiger partial charge in [-0.1, -0.05) is 78.8 Å². The van der Waals surface area contributed by atoms with Crippen LogP contribution in [0.2, 0.25) is 0 Å². The van der Waals surface area contributed by atoms with Crippen molar-refractivity contribution in [3.8, 4) is 0 Å². The fourth-order valence-corrected chi connectivity index (χ4v) is 3.89. The third-order valence-electron chi connectivity index (χ3n) is 8.12. The number of rotatable bonds is 10. The van der Waals surface area contributed by atoms with Crippen LogP contribution in [0.4, 0.5) is 0 Å². The maximum atomic E-state index is 12.4. The van der Waals surface area contributed by atoms with E-state index in [4.69, 9.17) is 18.9 Å². The molecule has 0 aromatic heterocycles. The lowest BCUT2D eigenvalue weighted by Gasteiger charge is -2.43. The van der Waals surface area contributed by atoms with E-state index in [1.807, 2.05) is 34.6 Å². The number of carbonyl (C=O) groups excluding carboxylic acids is 4. The van der Waals surface area contributed by atoms with E-state index in [0.717, 1.165) is 6.42 Å². The molecular weight excluding hydrogens is 552 g/mol. The molecule has 0 N–H and O–H groups in total. The van der Waals surface area contributed by atoms with Gasteiger partial charge in [0.1, 0.15) is 6.61 Å². The Balaban J connectivity index is 0.000000795. The minimum atomic E-state index is -1.03. The molecule has 0 bridgehead atoms. The van der Waals surface area contributed by atoms with Gasteiger partial charge in [0.05, 0.1) is 24.5 Å². The second-order valence-corrected chi connectivity index (χ2v) is 11.8. The zero-order valence-electron chi connectivity index (χ0n) is 28.4. The summed E-state index contributed by atoms with van der Waals surface area (Å²) >= 11 is 0. The van der Waals surface area contributed by atoms with Crippen molar-refractivity contribution >= 4 is 23.9 Å². The zero-order valence-corrected chi connectivity index (χ0v) is 28.4. The third-order valence-corrected chi connectivity index (χ3v) is 8.12. The number of methoxy groups -OCH3 is 1. The first-order chi connectivity index (χ1) is 20.1. The van der Waals surface area contributed by atoms with Gasteiger partial charge in [-0.05, 0) is 50.5 Å². The molecule has 9 heteroatoms. The summed E-state index contributed by atoms with van der Waals surface area (Å²) in [5.74, 6) is -0.856. The molecule has 7 unspecified atom stereocenters. The molecule has 0 amide bonds. The highest BCUT2D eigenvalue weighted by Crippen LogP contribution is 2.35. The van der Waals surface area contributed by atoms with Gasteiger partial charge in [0.2, 0.25) is 6.29 Å². The van der Waals surface area contributed by atoms with Gasteiger partial charge < -0.3 is 23.7 Å². The average Bonchev–Trinajstić information content (AvgIpc) is 2.99. The van der Waals surface area contributed by atoms with Crippen LogP contribution in [-0.2, 0) is 42.9 Å². The van der Waals surface area contributed by atoms with Gasteiger partial charge in [-0.3, -0.25) is 19.2 Å². The third kappa shape index (κ3) is 14.4. The molecule has 43 heavy (non-hydrogen) atoms. The summed E-state index contributed by atoms with van der Waals surface area (Å²) in [6.45, 7) is 20.2. The van der Waals surface area contributed by atoms with Crippen molar-refractivity contribution < 1.29 is 42.9 Å². The topological polar surface area (TPSA) is 114 Å². The van der Waals surface area contributed by atoms with Crippen molar-refractivity contribution in [1.29, 1.82) is 0 Å². The molecule has 9 nitrogen and oxygen atoms in total. The maximum absolute atomic E-state index is 12.4. The van der Waals surface area contributed by atoms with Gasteiger partial charge >= 0.3 is 23.9 Å². The van der Waals surface area contributed by atoms with Crippen molar-refractivity contribution in [2.75, 3.05) is 13.7 Å². The molecule has 246 valence electrons. The highest BCUT2D eigenvalue weighted by atomic mass is 16.7. The molecule has 2 rings (SSSR count). The van der Waals surface area contributed by atoms with E-state index >= 15 is 0 Å². The van der Waals surface area contributed by atoms with E-state index < -0.39 is 41.8 Å². The summed E-state index contributed by atoms with van der Waals surface area (Å²) in [5, 5.41) is 0. The molecule has 1 aromatic carbocycles. The number of hydrogen-bond acceptors (Lipinski definition) is 9. The van der Waals surface area contributed by atoms with E-state index in [1.54, 1.807) is 13.8 Å². The molecule has 1 saturated heterocycles. The Morgan fingerprint density at radius 3 is 1.88 bits per heavy atom. The predicted molar refractivity (Wildman–Crippen MR) is 166 cm³/mol. The number of carbonyl (C=O) groups is 4. The van der Waals surface area contributed by atoms with Gasteiger partial charge in [-0.25, -0.2) is 0 Å². The molecule has 1 aliphatic heterocycles. The molecule has 1 aliphatic rings. The summed E-state index contributed by atoms with van der Waals surface area (Å²) in [5.41, 5.74) is 0.770. The average molecular weight is 609 g/mol. The van der Waals surface area contributed by atoms with Crippen LogP contribution in [0, 0.1) is 23.2 Å². The predicted octanol–water partition coefficient (Wildman–Crippen LogP) is 6.86. The SMILES string of the molecule is CCC(C)(C)C(=O)OC1OC(COC(C)=O)C(C)C(C)C1OC(C)=O.CCC(C)C(=O)OC.CCC(C)c1ccccc1. The van der Waals surface area contributed by atoms with Crippen LogP contribution >= 0.6 is 0 Å². The quantitative estimate of drug-likeness (QED) is 0.207. The smallest absolute Gasteiger partial charge is 0.313 e. The zero-order chi connectivity index (χ0) is 33.3. The Hall–Kier alpha value is -2.94. The minimum absolute atomic E-state index is 0.0544. The lowest BCUT2D eigenvalue weighted by atomic mass is 9.83. The first kappa shape index (κ1) is 40.1. The first-order valence-corrected chi connectivity index (χ1v) is 15.4. The minimum Gasteiger partial charge on any atom is -0.469 e. The van der Waals surface area contributed by atoms with Gasteiger partial charge in [-0.2, -0.15) is 0 Å². The number of hydrogen-bond donors (Lipinski definition) is 0. The van der Waals surface area contributed by atoms with Crippen molar-refractivity contribution in [1.82, 2.24) is 0 Å². The number of ether oxygens (including phenoxy) is 5. The molecule has 7 atom stereocenters. The van der Waals surface area contributed by atoms with Crippen molar-refractivity contribution in [2.45, 2.75) is 120 Å². The second-order valence-electron chi connectivity index (χ2n) is 11.8. The van der Waals surface area contributed by atoms with Gasteiger partial charge in [0.15, 0.2) is 6.10 Å². The van der Waals surface area contributed by atoms with E-state index in [2.05, 4.69) is 48.9 Å². The summed E-state index contributed by atoms with van der Waals surface area (Å²) in [4.78, 5) is 45.5. The molecule has 0 aliphatic carbocycles. The van der Waals surface area contributed by atoms with Crippen LogP contribution < -0.4 is 0 Å². The van der Waals surface area contributed by atoms with Crippen LogP contribution in [0.25, 0.3) is 0 Å². The normalized spacial score (nSPS) is 22.7. The summed E-state index contributed by atoms with van der Waals surface area (Å²) in [7, 11) is 1.41. The van der Waals surface area contributed by atoms with Crippen molar-refractivity contribution in [3.63, 3.8) is 0 Å². The van der Waals surface area contributed by atoms with Crippen LogP contribution in [-0.4, -0.2) is 56.1 Å². The highest BCUT2D eigenvalue weighted by molar-refractivity contribution is 5.76. The van der Waals surface area contributed by atoms with Crippen molar-refractivity contribution in [2.24, 2.45) is 23.2 Å². The van der Waals surface area contributed by atoms with Gasteiger partial charge in [-0.15, -0.1) is 0 Å². The monoisotopic (exact) mass is 608 g/mol. The van der Waals surface area contributed by atoms with Crippen molar-refractivity contribution in [3.05, 3.63) is 35.9 Å². The molecule has 0 saturated carbocycles. The Kier molecular flexibility index (Phi) is 18.7. The van der Waals surface area contributed by atoms with Gasteiger partial charge in [0, 0.05) is 19.8 Å². The summed E-state index contributed by atoms with van der Waals surface area (Å²) in [6.07, 6.45) is 0.482. The number of benzene rings is 1. The molecule has 0 radical (unpaired) electrons. The van der Waals surface area contributed by atoms with Crippen LogP contribution in [0.1, 0.15) is 107 Å². The fraction of sp³-hybridized carbons (Fsp3) is 0.706. The molecule has 1 aromatic rings. The van der Waals surface area contributed by atoms with Crippen LogP contribution in [0.3, 0.4) is 0 Å². The number of esters is 4. The van der Waals surface area contributed by atoms with Gasteiger partial charge in [0.25, 0.3) is 0 Å². The summed E-state index contributed by atoms with van der Waals surface area (Å²) < 4.78 is 26.3. The van der Waals surface area contributed by atoms with Crippen LogP contribution in [0.15, 0.2) is 30.3 Å². The molecule has 1 heterocycles. The lowest BCUT2D eigenvalue weighted by Crippen LogP contribution is -2.54. The fourth-order valence-electron chi connectivity index (χ4n) is 3.89. The molecule has 1 fully saturated rings. The Labute approximate surface area is 259 Å². The second kappa shape index (κ2) is 20.1. The lowest BCUT2D eigenvalue weighted by molar-refractivity contribution is -0.275. The van der Waals surface area contributed by atoms with Crippen LogP contribution in [0.5, 0.6) is 0 Å². The Morgan fingerprint density at radius 1 is 0.884 bits per heavy atom. The van der Waals surface area contributed by atoms with E-state index in [0.29, 0.717) is 12.3 Å². The molecular formula is C34H56O9.